The van der Waals surface area contributed by atoms with Crippen LogP contribution in [0.4, 0.5) is 0 Å². The predicted octanol–water partition coefficient (Wildman–Crippen LogP) is -0.0364. The van der Waals surface area contributed by atoms with E-state index in [1.807, 2.05) is 0 Å². The number of nitrogens with zero attached hydrogens (tertiary/aromatic N) is 2. The minimum absolute atomic E-state index is 0.0914. The van der Waals surface area contributed by atoms with E-state index in [9.17, 15) is 4.79 Å². The lowest BCUT2D eigenvalue weighted by Gasteiger charge is -2.13. The van der Waals surface area contributed by atoms with Gasteiger partial charge in [-0.15, -0.1) is 0 Å². The number of rotatable bonds is 0. The molecule has 1 heterocycles. The molecule has 0 atom stereocenters. The van der Waals surface area contributed by atoms with Gasteiger partial charge in [-0.1, -0.05) is 0 Å². The molecule has 0 aliphatic carbocycles. The van der Waals surface area contributed by atoms with E-state index in [4.69, 9.17) is 5.21 Å². The number of carbonyl (C=O) groups excluding carboxylic acids is 1. The van der Waals surface area contributed by atoms with Crippen LogP contribution in [0, 0.1) is 0 Å². The van der Waals surface area contributed by atoms with Crippen LogP contribution in [0.15, 0.2) is 4.99 Å². The van der Waals surface area contributed by atoms with Crippen LogP contribution in [0.25, 0.3) is 0 Å². The van der Waals surface area contributed by atoms with Gasteiger partial charge in [-0.25, -0.2) is 4.99 Å². The third kappa shape index (κ3) is 1.11. The van der Waals surface area contributed by atoms with E-state index >= 15 is 0 Å². The van der Waals surface area contributed by atoms with Crippen molar-refractivity contribution in [2.45, 2.75) is 6.42 Å². The van der Waals surface area contributed by atoms with Crippen LogP contribution in [0.3, 0.4) is 0 Å². The molecular formula is C4H4N2O2S. The Morgan fingerprint density at radius 1 is 1.89 bits per heavy atom. The van der Waals surface area contributed by atoms with E-state index in [1.54, 1.807) is 0 Å². The Labute approximate surface area is 56.8 Å². The third-order valence-corrected chi connectivity index (χ3v) is 1.16. The first-order valence-electron chi connectivity index (χ1n) is 2.30. The molecule has 1 aliphatic heterocycles. The minimum Gasteiger partial charge on any atom is -0.279 e. The number of hydrogen-bond donors (Lipinski definition) is 1. The first kappa shape index (κ1) is 6.31. The monoisotopic (exact) mass is 144 g/mol. The maximum Gasteiger partial charge on any atom is 0.258 e. The van der Waals surface area contributed by atoms with Crippen LogP contribution >= 0.6 is 12.2 Å². The zero-order valence-corrected chi connectivity index (χ0v) is 5.26. The lowest BCUT2D eigenvalue weighted by atomic mass is 10.4. The van der Waals surface area contributed by atoms with E-state index < -0.39 is 5.91 Å². The standard InChI is InChI=1S/C4H4N2O2S/c7-3-1-2-5-4(9)6(3)8/h2,8H,1H2. The smallest absolute Gasteiger partial charge is 0.258 e. The molecule has 0 aromatic heterocycles. The highest BCUT2D eigenvalue weighted by atomic mass is 32.1. The lowest BCUT2D eigenvalue weighted by molar-refractivity contribution is -0.147. The van der Waals surface area contributed by atoms with Crippen LogP contribution in [0.5, 0.6) is 0 Å². The Hall–Kier alpha value is -0.810. The molecule has 1 amide bonds. The van der Waals surface area contributed by atoms with E-state index in [0.29, 0.717) is 5.06 Å². The van der Waals surface area contributed by atoms with Gasteiger partial charge in [0.1, 0.15) is 0 Å². The van der Waals surface area contributed by atoms with Crippen molar-refractivity contribution in [2.75, 3.05) is 0 Å². The van der Waals surface area contributed by atoms with E-state index in [0.717, 1.165) is 0 Å². The van der Waals surface area contributed by atoms with Crippen molar-refractivity contribution in [1.29, 1.82) is 0 Å². The maximum atomic E-state index is 10.5. The molecule has 0 radical (unpaired) electrons. The van der Waals surface area contributed by atoms with E-state index in [1.165, 1.54) is 6.21 Å². The summed E-state index contributed by atoms with van der Waals surface area (Å²) >= 11 is 4.46. The topological polar surface area (TPSA) is 52.9 Å². The summed E-state index contributed by atoms with van der Waals surface area (Å²) in [6, 6.07) is 0. The molecule has 0 saturated heterocycles. The molecule has 0 aromatic rings. The van der Waals surface area contributed by atoms with Crippen molar-refractivity contribution in [3.05, 3.63) is 0 Å². The Bertz CT molecular complexity index is 189. The lowest BCUT2D eigenvalue weighted by Crippen LogP contribution is -2.34. The van der Waals surface area contributed by atoms with Gasteiger partial charge in [0.15, 0.2) is 0 Å². The Morgan fingerprint density at radius 3 is 3.00 bits per heavy atom. The van der Waals surface area contributed by atoms with Gasteiger partial charge >= 0.3 is 0 Å². The fourth-order valence-electron chi connectivity index (χ4n) is 0.450. The van der Waals surface area contributed by atoms with Gasteiger partial charge in [-0.2, -0.15) is 5.06 Å². The van der Waals surface area contributed by atoms with Crippen molar-refractivity contribution < 1.29 is 10.0 Å². The van der Waals surface area contributed by atoms with Gasteiger partial charge in [-0.3, -0.25) is 10.0 Å². The second-order valence-corrected chi connectivity index (χ2v) is 1.87. The molecule has 4 nitrogen and oxygen atoms in total. The highest BCUT2D eigenvalue weighted by Crippen LogP contribution is 1.98. The molecule has 0 aromatic carbocycles. The van der Waals surface area contributed by atoms with Gasteiger partial charge in [0.25, 0.3) is 5.91 Å². The average molecular weight is 144 g/mol. The molecular weight excluding hydrogens is 140 g/mol. The minimum atomic E-state index is -0.435. The van der Waals surface area contributed by atoms with Crippen molar-refractivity contribution in [2.24, 2.45) is 4.99 Å². The molecule has 48 valence electrons. The highest BCUT2D eigenvalue weighted by Gasteiger charge is 2.17. The van der Waals surface area contributed by atoms with Gasteiger partial charge < -0.3 is 0 Å². The third-order valence-electron chi connectivity index (χ3n) is 0.885. The number of carbonyl (C=O) groups is 1. The van der Waals surface area contributed by atoms with E-state index in [2.05, 4.69) is 17.2 Å². The van der Waals surface area contributed by atoms with Crippen LogP contribution < -0.4 is 0 Å². The quantitative estimate of drug-likeness (QED) is 0.383. The largest absolute Gasteiger partial charge is 0.279 e. The first-order valence-corrected chi connectivity index (χ1v) is 2.71. The number of amides is 1. The van der Waals surface area contributed by atoms with Crippen LogP contribution in [-0.4, -0.2) is 27.5 Å². The van der Waals surface area contributed by atoms with Crippen molar-refractivity contribution in [3.8, 4) is 0 Å². The van der Waals surface area contributed by atoms with E-state index in [-0.39, 0.29) is 11.5 Å². The number of aliphatic imine (C=N–C) groups is 1. The molecule has 1 N–H and O–H groups in total. The fraction of sp³-hybridized carbons (Fsp3) is 0.250. The Balaban J connectivity index is 2.81. The molecule has 9 heavy (non-hydrogen) atoms. The molecule has 1 rings (SSSR count). The van der Waals surface area contributed by atoms with Gasteiger partial charge in [0.2, 0.25) is 5.11 Å². The summed E-state index contributed by atoms with van der Waals surface area (Å²) in [4.78, 5) is 14.0. The van der Waals surface area contributed by atoms with Crippen LogP contribution in [0.2, 0.25) is 0 Å². The Kier molecular flexibility index (Phi) is 1.54. The van der Waals surface area contributed by atoms with Gasteiger partial charge in [0.05, 0.1) is 6.42 Å². The zero-order valence-electron chi connectivity index (χ0n) is 4.44. The van der Waals surface area contributed by atoms with Gasteiger partial charge in [-0.05, 0) is 12.2 Å². The summed E-state index contributed by atoms with van der Waals surface area (Å²) < 4.78 is 0. The molecule has 0 saturated carbocycles. The molecule has 0 bridgehead atoms. The maximum absolute atomic E-state index is 10.5. The zero-order chi connectivity index (χ0) is 6.85. The fourth-order valence-corrected chi connectivity index (χ4v) is 0.626. The normalized spacial score (nSPS) is 19.0. The van der Waals surface area contributed by atoms with Crippen LogP contribution in [0.1, 0.15) is 6.42 Å². The molecule has 0 spiro atoms. The molecule has 0 fully saturated rings. The summed E-state index contributed by atoms with van der Waals surface area (Å²) in [5.41, 5.74) is 0. The number of hydrogen-bond acceptors (Lipinski definition) is 3. The predicted molar refractivity (Wildman–Crippen MR) is 34.3 cm³/mol. The highest BCUT2D eigenvalue weighted by molar-refractivity contribution is 7.80. The van der Waals surface area contributed by atoms with Crippen molar-refractivity contribution in [3.63, 3.8) is 0 Å². The van der Waals surface area contributed by atoms with Crippen molar-refractivity contribution in [1.82, 2.24) is 5.06 Å². The molecule has 0 unspecified atom stereocenters. The number of thiocarbonyl (C=S) groups is 1. The van der Waals surface area contributed by atoms with Crippen molar-refractivity contribution >= 4 is 29.5 Å². The second-order valence-electron chi connectivity index (χ2n) is 1.50. The second kappa shape index (κ2) is 2.20. The Morgan fingerprint density at radius 2 is 2.56 bits per heavy atom. The summed E-state index contributed by atoms with van der Waals surface area (Å²) in [6.45, 7) is 0. The summed E-state index contributed by atoms with van der Waals surface area (Å²) in [5, 5.41) is 8.95. The average Bonchev–Trinajstić information content (AvgIpc) is 1.83. The summed E-state index contributed by atoms with van der Waals surface area (Å²) in [5.74, 6) is -0.435. The summed E-state index contributed by atoms with van der Waals surface area (Å²) in [6.07, 6.45) is 1.49. The van der Waals surface area contributed by atoms with Crippen LogP contribution in [-0.2, 0) is 4.79 Å². The first-order chi connectivity index (χ1) is 4.22. The number of hydroxylamine groups is 2. The molecule has 1 aliphatic rings. The SMILES string of the molecule is O=C1CC=NC(=S)N1O. The summed E-state index contributed by atoms with van der Waals surface area (Å²) in [7, 11) is 0. The molecule has 5 heteroatoms. The van der Waals surface area contributed by atoms with Gasteiger partial charge in [0, 0.05) is 6.21 Å².